The molecule has 0 amide bonds. The van der Waals surface area contributed by atoms with Crippen LogP contribution in [0.15, 0.2) is 4.99 Å². The minimum absolute atomic E-state index is 0.485. The molecule has 2 N–H and O–H groups in total. The van der Waals surface area contributed by atoms with Crippen molar-refractivity contribution < 1.29 is 0 Å². The van der Waals surface area contributed by atoms with E-state index in [0.717, 1.165) is 9.55 Å². The van der Waals surface area contributed by atoms with Crippen LogP contribution in [0.1, 0.15) is 33.1 Å². The summed E-state index contributed by atoms with van der Waals surface area (Å²) in [7, 11) is 0. The molecule has 0 bridgehead atoms. The Morgan fingerprint density at radius 3 is 2.82 bits per heavy atom. The van der Waals surface area contributed by atoms with E-state index in [2.05, 4.69) is 18.8 Å². The van der Waals surface area contributed by atoms with E-state index in [-0.39, 0.29) is 0 Å². The Kier molecular flexibility index (Phi) is 3.41. The molecule has 1 rings (SSSR count). The second-order valence-electron chi connectivity index (χ2n) is 3.00. The predicted molar refractivity (Wildman–Crippen MR) is 50.1 cm³/mol. The fourth-order valence-corrected chi connectivity index (χ4v) is 3.23. The third kappa shape index (κ3) is 2.49. The van der Waals surface area contributed by atoms with E-state index >= 15 is 0 Å². The van der Waals surface area contributed by atoms with Crippen molar-refractivity contribution in [3.05, 3.63) is 0 Å². The first-order chi connectivity index (χ1) is 5.24. The van der Waals surface area contributed by atoms with Gasteiger partial charge < -0.3 is 0 Å². The zero-order valence-electron chi connectivity index (χ0n) is 7.21. The van der Waals surface area contributed by atoms with Crippen LogP contribution in [0.3, 0.4) is 0 Å². The molecule has 1 aliphatic heterocycles. The average molecular weight is 219 g/mol. The molecular formula is C8H16N2Se. The normalized spacial score (nSPS) is 30.5. The van der Waals surface area contributed by atoms with Gasteiger partial charge in [-0.25, -0.2) is 0 Å². The molecule has 1 aliphatic rings. The third-order valence-corrected chi connectivity index (χ3v) is 4.16. The summed E-state index contributed by atoms with van der Waals surface area (Å²) in [6.07, 6.45) is 3.80. The fourth-order valence-electron chi connectivity index (χ4n) is 1.28. The van der Waals surface area contributed by atoms with Gasteiger partial charge in [0.1, 0.15) is 0 Å². The Balaban J connectivity index is 2.33. The molecule has 0 radical (unpaired) electrons. The van der Waals surface area contributed by atoms with Crippen LogP contribution in [-0.2, 0) is 0 Å². The van der Waals surface area contributed by atoms with Gasteiger partial charge in [-0.3, -0.25) is 0 Å². The summed E-state index contributed by atoms with van der Waals surface area (Å²) < 4.78 is 0.922. The van der Waals surface area contributed by atoms with E-state index in [0.29, 0.717) is 21.0 Å². The van der Waals surface area contributed by atoms with Crippen LogP contribution in [0.4, 0.5) is 0 Å². The van der Waals surface area contributed by atoms with Gasteiger partial charge in [-0.05, 0) is 0 Å². The summed E-state index contributed by atoms with van der Waals surface area (Å²) in [4.78, 5) is 5.17. The molecular weight excluding hydrogens is 203 g/mol. The number of unbranched alkanes of at least 4 members (excludes halogenated alkanes) is 1. The van der Waals surface area contributed by atoms with Gasteiger partial charge in [0.15, 0.2) is 0 Å². The topological polar surface area (TPSA) is 38.4 Å². The molecule has 0 spiro atoms. The summed E-state index contributed by atoms with van der Waals surface area (Å²) in [6, 6.07) is 0.551. The van der Waals surface area contributed by atoms with Gasteiger partial charge in [-0.15, -0.1) is 0 Å². The number of nitrogens with zero attached hydrogens (tertiary/aromatic N) is 1. The van der Waals surface area contributed by atoms with Crippen molar-refractivity contribution in [1.82, 2.24) is 0 Å². The Bertz CT molecular complexity index is 156. The van der Waals surface area contributed by atoms with E-state index in [1.807, 2.05) is 0 Å². The quantitative estimate of drug-likeness (QED) is 0.715. The molecule has 1 heterocycles. The van der Waals surface area contributed by atoms with Gasteiger partial charge in [0.25, 0.3) is 0 Å². The zero-order valence-corrected chi connectivity index (χ0v) is 8.92. The number of nitrogens with two attached hydrogens (primary N) is 1. The first kappa shape index (κ1) is 9.08. The fraction of sp³-hybridized carbons (Fsp3) is 0.875. The summed E-state index contributed by atoms with van der Waals surface area (Å²) in [5.41, 5.74) is 5.67. The van der Waals surface area contributed by atoms with Crippen molar-refractivity contribution in [2.24, 2.45) is 10.7 Å². The SMILES string of the molecule is CCCC[C@H]1N=C(N)[Se][C@@H]1C. The number of hydrogen-bond acceptors (Lipinski definition) is 2. The van der Waals surface area contributed by atoms with Gasteiger partial charge >= 0.3 is 74.4 Å². The van der Waals surface area contributed by atoms with Gasteiger partial charge in [0.05, 0.1) is 0 Å². The first-order valence-corrected chi connectivity index (χ1v) is 6.08. The van der Waals surface area contributed by atoms with Gasteiger partial charge in [-0.1, -0.05) is 0 Å². The molecule has 11 heavy (non-hydrogen) atoms. The molecule has 3 heteroatoms. The van der Waals surface area contributed by atoms with Crippen molar-refractivity contribution in [3.8, 4) is 0 Å². The van der Waals surface area contributed by atoms with Crippen molar-refractivity contribution in [2.45, 2.75) is 44.0 Å². The third-order valence-electron chi connectivity index (χ3n) is 2.00. The summed E-state index contributed by atoms with van der Waals surface area (Å²) in [5.74, 6) is 0. The molecule has 0 saturated heterocycles. The molecule has 2 atom stereocenters. The van der Waals surface area contributed by atoms with Crippen LogP contribution in [0.25, 0.3) is 0 Å². The van der Waals surface area contributed by atoms with Crippen molar-refractivity contribution in [3.63, 3.8) is 0 Å². The molecule has 0 fully saturated rings. The second-order valence-corrected chi connectivity index (χ2v) is 5.93. The summed E-state index contributed by atoms with van der Waals surface area (Å²) in [6.45, 7) is 4.49. The van der Waals surface area contributed by atoms with E-state index in [4.69, 9.17) is 5.73 Å². The van der Waals surface area contributed by atoms with E-state index < -0.39 is 0 Å². The van der Waals surface area contributed by atoms with Gasteiger partial charge in [-0.2, -0.15) is 0 Å². The van der Waals surface area contributed by atoms with Gasteiger partial charge in [0.2, 0.25) is 0 Å². The van der Waals surface area contributed by atoms with Crippen LogP contribution in [0.5, 0.6) is 0 Å². The maximum atomic E-state index is 5.67. The van der Waals surface area contributed by atoms with E-state index in [1.54, 1.807) is 0 Å². The minimum atomic E-state index is 0.485. The van der Waals surface area contributed by atoms with Crippen LogP contribution >= 0.6 is 0 Å². The van der Waals surface area contributed by atoms with Crippen LogP contribution in [0, 0.1) is 0 Å². The molecule has 0 aromatic rings. The molecule has 64 valence electrons. The number of rotatable bonds is 3. The first-order valence-electron chi connectivity index (χ1n) is 4.24. The second kappa shape index (κ2) is 4.12. The van der Waals surface area contributed by atoms with Crippen molar-refractivity contribution in [1.29, 1.82) is 0 Å². The summed E-state index contributed by atoms with van der Waals surface area (Å²) in [5, 5.41) is 0. The molecule has 0 aliphatic carbocycles. The molecule has 0 unspecified atom stereocenters. The number of amidine groups is 1. The Labute approximate surface area is 74.8 Å². The van der Waals surface area contributed by atoms with E-state index in [1.165, 1.54) is 19.3 Å². The zero-order chi connectivity index (χ0) is 8.27. The number of hydrogen-bond donors (Lipinski definition) is 1. The Morgan fingerprint density at radius 2 is 2.36 bits per heavy atom. The monoisotopic (exact) mass is 220 g/mol. The van der Waals surface area contributed by atoms with Crippen molar-refractivity contribution in [2.75, 3.05) is 0 Å². The van der Waals surface area contributed by atoms with Crippen LogP contribution in [0.2, 0.25) is 4.82 Å². The van der Waals surface area contributed by atoms with Crippen molar-refractivity contribution >= 4 is 19.7 Å². The van der Waals surface area contributed by atoms with Gasteiger partial charge in [0, 0.05) is 0 Å². The maximum absolute atomic E-state index is 5.67. The molecule has 0 aromatic heterocycles. The molecule has 0 aromatic carbocycles. The average Bonchev–Trinajstić information content (AvgIpc) is 2.26. The molecule has 0 saturated carbocycles. The van der Waals surface area contributed by atoms with Crippen LogP contribution in [-0.4, -0.2) is 25.7 Å². The Morgan fingerprint density at radius 1 is 1.64 bits per heavy atom. The number of aliphatic imine (C=N–C) groups is 1. The predicted octanol–water partition coefficient (Wildman–Crippen LogP) is 1.39. The Hall–Kier alpha value is -0.0105. The molecule has 2 nitrogen and oxygen atoms in total. The van der Waals surface area contributed by atoms with E-state index in [9.17, 15) is 0 Å². The summed E-state index contributed by atoms with van der Waals surface area (Å²) >= 11 is 0.485. The van der Waals surface area contributed by atoms with Crippen LogP contribution < -0.4 is 5.73 Å². The standard InChI is InChI=1S/C8H16N2Se/c1-3-4-5-7-6(2)11-8(9)10-7/h6-7H,3-5H2,1-2H3,(H2,9,10)/t6-,7-/m1/s1.